The first-order valence-electron chi connectivity index (χ1n) is 5.96. The first-order valence-corrected chi connectivity index (χ1v) is 7.55. The zero-order valence-electron chi connectivity index (χ0n) is 11.1. The molecule has 0 radical (unpaired) electrons. The zero-order valence-corrected chi connectivity index (χ0v) is 14.3. The lowest BCUT2D eigenvalue weighted by atomic mass is 10.3. The molecule has 0 fully saturated rings. The maximum Gasteiger partial charge on any atom is 0.323 e. The van der Waals surface area contributed by atoms with Crippen LogP contribution in [-0.2, 0) is 0 Å². The Balaban J connectivity index is 2.10. The number of methoxy groups -OCH3 is 1. The second-order valence-corrected chi connectivity index (χ2v) is 5.88. The number of ether oxygens (including phenoxy) is 1. The molecule has 0 saturated carbocycles. The Morgan fingerprint density at radius 2 is 1.76 bits per heavy atom. The number of carbonyl (C=O) groups excluding carboxylic acids is 1. The molecule has 2 rings (SSSR count). The number of benzene rings is 2. The SMILES string of the molecule is COc1cc(NC(=O)Nc2ccc(N)cc2)c(Br)cc1Br. The van der Waals surface area contributed by atoms with Crippen molar-refractivity contribution in [2.75, 3.05) is 23.5 Å². The molecule has 7 heteroatoms. The van der Waals surface area contributed by atoms with Crippen molar-refractivity contribution in [1.29, 1.82) is 0 Å². The smallest absolute Gasteiger partial charge is 0.323 e. The van der Waals surface area contributed by atoms with Crippen molar-refractivity contribution in [3.63, 3.8) is 0 Å². The average Bonchev–Trinajstić information content (AvgIpc) is 2.44. The van der Waals surface area contributed by atoms with Crippen LogP contribution in [0.25, 0.3) is 0 Å². The highest BCUT2D eigenvalue weighted by atomic mass is 79.9. The largest absolute Gasteiger partial charge is 0.495 e. The molecule has 0 unspecified atom stereocenters. The molecule has 21 heavy (non-hydrogen) atoms. The molecule has 0 aromatic heterocycles. The van der Waals surface area contributed by atoms with E-state index in [2.05, 4.69) is 42.5 Å². The number of nitrogen functional groups attached to an aromatic ring is 1. The van der Waals surface area contributed by atoms with Gasteiger partial charge in [0.25, 0.3) is 0 Å². The number of nitrogens with one attached hydrogen (secondary N) is 2. The minimum atomic E-state index is -0.357. The van der Waals surface area contributed by atoms with E-state index in [0.29, 0.717) is 22.8 Å². The van der Waals surface area contributed by atoms with E-state index in [1.807, 2.05) is 0 Å². The molecule has 0 spiro atoms. The number of amides is 2. The molecular formula is C14H13Br2N3O2. The van der Waals surface area contributed by atoms with Crippen LogP contribution in [-0.4, -0.2) is 13.1 Å². The highest BCUT2D eigenvalue weighted by molar-refractivity contribution is 9.11. The van der Waals surface area contributed by atoms with Gasteiger partial charge in [-0.05, 0) is 62.2 Å². The van der Waals surface area contributed by atoms with E-state index in [1.54, 1.807) is 43.5 Å². The van der Waals surface area contributed by atoms with Gasteiger partial charge in [-0.15, -0.1) is 0 Å². The molecule has 2 aromatic carbocycles. The Bertz CT molecular complexity index is 660. The standard InChI is InChI=1S/C14H13Br2N3O2/c1-21-13-7-12(10(15)6-11(13)16)19-14(20)18-9-4-2-8(17)3-5-9/h2-7H,17H2,1H3,(H2,18,19,20). The van der Waals surface area contributed by atoms with Crippen molar-refractivity contribution in [3.05, 3.63) is 45.3 Å². The summed E-state index contributed by atoms with van der Waals surface area (Å²) >= 11 is 6.76. The van der Waals surface area contributed by atoms with Gasteiger partial charge in [-0.3, -0.25) is 0 Å². The molecule has 0 atom stereocenters. The van der Waals surface area contributed by atoms with Gasteiger partial charge in [-0.2, -0.15) is 0 Å². The predicted octanol–water partition coefficient (Wildman–Crippen LogP) is 4.45. The Morgan fingerprint density at radius 3 is 2.38 bits per heavy atom. The highest BCUT2D eigenvalue weighted by Crippen LogP contribution is 2.34. The molecule has 5 nitrogen and oxygen atoms in total. The van der Waals surface area contributed by atoms with Crippen LogP contribution in [0.15, 0.2) is 45.3 Å². The van der Waals surface area contributed by atoms with Gasteiger partial charge in [0.05, 0.1) is 17.3 Å². The third-order valence-electron chi connectivity index (χ3n) is 2.66. The topological polar surface area (TPSA) is 76.4 Å². The molecule has 0 aliphatic carbocycles. The number of rotatable bonds is 3. The molecule has 0 heterocycles. The van der Waals surface area contributed by atoms with Crippen LogP contribution < -0.4 is 21.1 Å². The van der Waals surface area contributed by atoms with Crippen LogP contribution in [0.5, 0.6) is 5.75 Å². The van der Waals surface area contributed by atoms with Crippen LogP contribution in [0.1, 0.15) is 0 Å². The van der Waals surface area contributed by atoms with Gasteiger partial charge in [0.15, 0.2) is 0 Å². The Hall–Kier alpha value is -1.73. The number of nitrogens with two attached hydrogens (primary N) is 1. The van der Waals surface area contributed by atoms with Crippen molar-refractivity contribution in [2.45, 2.75) is 0 Å². The maximum absolute atomic E-state index is 12.0. The summed E-state index contributed by atoms with van der Waals surface area (Å²) in [6.45, 7) is 0. The van der Waals surface area contributed by atoms with Crippen LogP contribution in [0.2, 0.25) is 0 Å². The third kappa shape index (κ3) is 4.12. The Kier molecular flexibility index (Phi) is 5.08. The minimum absolute atomic E-state index is 0.357. The van der Waals surface area contributed by atoms with Crippen LogP contribution >= 0.6 is 31.9 Å². The Labute approximate surface area is 139 Å². The summed E-state index contributed by atoms with van der Waals surface area (Å²) in [5.74, 6) is 0.626. The van der Waals surface area contributed by atoms with Crippen molar-refractivity contribution in [1.82, 2.24) is 0 Å². The van der Waals surface area contributed by atoms with Gasteiger partial charge in [-0.25, -0.2) is 4.79 Å². The minimum Gasteiger partial charge on any atom is -0.495 e. The van der Waals surface area contributed by atoms with Gasteiger partial charge in [0, 0.05) is 21.9 Å². The van der Waals surface area contributed by atoms with Crippen LogP contribution in [0, 0.1) is 0 Å². The number of urea groups is 1. The van der Waals surface area contributed by atoms with Gasteiger partial charge < -0.3 is 21.1 Å². The fourth-order valence-electron chi connectivity index (χ4n) is 1.63. The van der Waals surface area contributed by atoms with E-state index in [9.17, 15) is 4.79 Å². The predicted molar refractivity (Wildman–Crippen MR) is 91.9 cm³/mol. The first-order chi connectivity index (χ1) is 9.99. The molecule has 0 bridgehead atoms. The lowest BCUT2D eigenvalue weighted by molar-refractivity contribution is 0.262. The number of carbonyl (C=O) groups is 1. The maximum atomic E-state index is 12.0. The molecule has 0 aliphatic rings. The zero-order chi connectivity index (χ0) is 15.4. The first kappa shape index (κ1) is 15.7. The van der Waals surface area contributed by atoms with E-state index in [-0.39, 0.29) is 6.03 Å². The fourth-order valence-corrected chi connectivity index (χ4v) is 2.89. The van der Waals surface area contributed by atoms with E-state index in [0.717, 1.165) is 8.95 Å². The quantitative estimate of drug-likeness (QED) is 0.649. The second-order valence-electron chi connectivity index (χ2n) is 4.17. The molecule has 0 saturated heterocycles. The van der Waals surface area contributed by atoms with Gasteiger partial charge in [-0.1, -0.05) is 0 Å². The summed E-state index contributed by atoms with van der Waals surface area (Å²) in [4.78, 5) is 12.0. The van der Waals surface area contributed by atoms with Crippen molar-refractivity contribution in [3.8, 4) is 5.75 Å². The molecule has 4 N–H and O–H groups in total. The number of hydrogen-bond donors (Lipinski definition) is 3. The average molecular weight is 415 g/mol. The van der Waals surface area contributed by atoms with Crippen LogP contribution in [0.4, 0.5) is 21.9 Å². The lowest BCUT2D eigenvalue weighted by Gasteiger charge is -2.12. The highest BCUT2D eigenvalue weighted by Gasteiger charge is 2.10. The summed E-state index contributed by atoms with van der Waals surface area (Å²) in [5, 5.41) is 5.46. The summed E-state index contributed by atoms with van der Waals surface area (Å²) in [6, 6.07) is 10.1. The normalized spacial score (nSPS) is 10.0. The lowest BCUT2D eigenvalue weighted by Crippen LogP contribution is -2.19. The van der Waals surface area contributed by atoms with Crippen molar-refractivity contribution >= 4 is 55.0 Å². The third-order valence-corrected chi connectivity index (χ3v) is 3.93. The molecule has 110 valence electrons. The molecule has 2 aromatic rings. The molecule has 0 aliphatic heterocycles. The summed E-state index contributed by atoms with van der Waals surface area (Å²) in [7, 11) is 1.56. The van der Waals surface area contributed by atoms with Crippen molar-refractivity contribution in [2.24, 2.45) is 0 Å². The van der Waals surface area contributed by atoms with Crippen LogP contribution in [0.3, 0.4) is 0 Å². The number of anilines is 3. The van der Waals surface area contributed by atoms with Gasteiger partial charge >= 0.3 is 6.03 Å². The number of halogens is 2. The summed E-state index contributed by atoms with van der Waals surface area (Å²) in [6.07, 6.45) is 0. The van der Waals surface area contributed by atoms with E-state index in [1.165, 1.54) is 0 Å². The fraction of sp³-hybridized carbons (Fsp3) is 0.0714. The van der Waals surface area contributed by atoms with Gasteiger partial charge in [0.2, 0.25) is 0 Å². The summed E-state index contributed by atoms with van der Waals surface area (Å²) < 4.78 is 6.73. The summed E-state index contributed by atoms with van der Waals surface area (Å²) in [5.41, 5.74) is 7.49. The second kappa shape index (κ2) is 6.82. The monoisotopic (exact) mass is 413 g/mol. The molecular weight excluding hydrogens is 402 g/mol. The van der Waals surface area contributed by atoms with E-state index in [4.69, 9.17) is 10.5 Å². The van der Waals surface area contributed by atoms with Gasteiger partial charge in [0.1, 0.15) is 5.75 Å². The Morgan fingerprint density at radius 1 is 1.10 bits per heavy atom. The van der Waals surface area contributed by atoms with Crippen molar-refractivity contribution < 1.29 is 9.53 Å². The van der Waals surface area contributed by atoms with E-state index < -0.39 is 0 Å². The molecule has 2 amide bonds. The van der Waals surface area contributed by atoms with E-state index >= 15 is 0 Å². The number of hydrogen-bond acceptors (Lipinski definition) is 3.